The van der Waals surface area contributed by atoms with Crippen molar-refractivity contribution in [1.29, 1.82) is 0 Å². The summed E-state index contributed by atoms with van der Waals surface area (Å²) in [5.74, 6) is 2.02. The van der Waals surface area contributed by atoms with Crippen LogP contribution in [-0.4, -0.2) is 34.1 Å². The van der Waals surface area contributed by atoms with Crippen LogP contribution in [0.15, 0.2) is 6.33 Å². The molecular formula is C16H28N4S. The lowest BCUT2D eigenvalue weighted by molar-refractivity contribution is 0.472. The van der Waals surface area contributed by atoms with Crippen LogP contribution in [0.2, 0.25) is 0 Å². The summed E-state index contributed by atoms with van der Waals surface area (Å²) in [4.78, 5) is 8.90. The first kappa shape index (κ1) is 16.4. The average Bonchev–Trinajstić information content (AvgIpc) is 2.53. The van der Waals surface area contributed by atoms with E-state index in [2.05, 4.69) is 40.7 Å². The van der Waals surface area contributed by atoms with Gasteiger partial charge in [-0.3, -0.25) is 0 Å². The van der Waals surface area contributed by atoms with E-state index < -0.39 is 0 Å². The van der Waals surface area contributed by atoms with Gasteiger partial charge in [-0.25, -0.2) is 9.97 Å². The Morgan fingerprint density at radius 1 is 1.24 bits per heavy atom. The zero-order valence-corrected chi connectivity index (χ0v) is 14.3. The Morgan fingerprint density at radius 3 is 2.76 bits per heavy atom. The maximum absolute atomic E-state index is 4.49. The highest BCUT2D eigenvalue weighted by atomic mass is 32.2. The second-order valence-corrected chi connectivity index (χ2v) is 6.83. The maximum Gasteiger partial charge on any atom is 0.134 e. The Balaban J connectivity index is 2.08. The minimum atomic E-state index is 0.551. The lowest BCUT2D eigenvalue weighted by atomic mass is 9.95. The highest BCUT2D eigenvalue weighted by molar-refractivity contribution is 7.99. The molecular weight excluding hydrogens is 280 g/mol. The average molecular weight is 308 g/mol. The van der Waals surface area contributed by atoms with Crippen molar-refractivity contribution < 1.29 is 0 Å². The highest BCUT2D eigenvalue weighted by Crippen LogP contribution is 2.30. The molecule has 1 aromatic heterocycles. The molecule has 21 heavy (non-hydrogen) atoms. The molecule has 1 saturated carbocycles. The molecule has 1 aliphatic rings. The third-order valence-electron chi connectivity index (χ3n) is 4.14. The molecule has 1 aliphatic carbocycles. The van der Waals surface area contributed by atoms with Crippen LogP contribution in [0.1, 0.15) is 51.5 Å². The quantitative estimate of drug-likeness (QED) is 0.799. The zero-order valence-electron chi connectivity index (χ0n) is 13.5. The van der Waals surface area contributed by atoms with Gasteiger partial charge in [-0.15, -0.1) is 0 Å². The van der Waals surface area contributed by atoms with E-state index >= 15 is 0 Å². The first-order valence-electron chi connectivity index (χ1n) is 8.15. The summed E-state index contributed by atoms with van der Waals surface area (Å²) in [5, 5.41) is 7.89. The van der Waals surface area contributed by atoms with Gasteiger partial charge in [0.1, 0.15) is 18.0 Å². The first-order chi connectivity index (χ1) is 10.3. The summed E-state index contributed by atoms with van der Waals surface area (Å²) in [6.07, 6.45) is 11.1. The Morgan fingerprint density at radius 2 is 2.05 bits per heavy atom. The van der Waals surface area contributed by atoms with Crippen molar-refractivity contribution in [3.8, 4) is 0 Å². The minimum absolute atomic E-state index is 0.551. The number of nitrogens with one attached hydrogen (secondary N) is 2. The fraction of sp³-hybridized carbons (Fsp3) is 0.750. The van der Waals surface area contributed by atoms with Crippen LogP contribution in [-0.2, 0) is 6.42 Å². The van der Waals surface area contributed by atoms with Crippen molar-refractivity contribution in [1.82, 2.24) is 9.97 Å². The zero-order chi connectivity index (χ0) is 15.1. The third kappa shape index (κ3) is 4.50. The molecule has 1 aromatic rings. The van der Waals surface area contributed by atoms with E-state index in [1.807, 2.05) is 11.8 Å². The Kier molecular flexibility index (Phi) is 6.61. The van der Waals surface area contributed by atoms with Gasteiger partial charge in [0.2, 0.25) is 0 Å². The van der Waals surface area contributed by atoms with E-state index in [1.54, 1.807) is 6.33 Å². The third-order valence-corrected chi connectivity index (χ3v) is 5.24. The minimum Gasteiger partial charge on any atom is -0.370 e. The van der Waals surface area contributed by atoms with E-state index in [4.69, 9.17) is 0 Å². The van der Waals surface area contributed by atoms with Gasteiger partial charge in [0, 0.05) is 23.4 Å². The number of aromatic nitrogens is 2. The van der Waals surface area contributed by atoms with Crippen molar-refractivity contribution in [3.05, 3.63) is 11.9 Å². The van der Waals surface area contributed by atoms with Crippen molar-refractivity contribution in [2.45, 2.75) is 63.7 Å². The van der Waals surface area contributed by atoms with E-state index in [0.29, 0.717) is 6.04 Å². The molecule has 2 unspecified atom stereocenters. The largest absolute Gasteiger partial charge is 0.370 e. The molecule has 0 saturated heterocycles. The Bertz CT molecular complexity index is 438. The second kappa shape index (κ2) is 8.47. The number of thioether (sulfide) groups is 1. The van der Waals surface area contributed by atoms with Crippen molar-refractivity contribution in [3.63, 3.8) is 0 Å². The van der Waals surface area contributed by atoms with Gasteiger partial charge < -0.3 is 10.6 Å². The van der Waals surface area contributed by atoms with Crippen LogP contribution in [0.25, 0.3) is 0 Å². The van der Waals surface area contributed by atoms with Crippen molar-refractivity contribution in [2.75, 3.05) is 23.4 Å². The predicted molar refractivity (Wildman–Crippen MR) is 93.4 cm³/mol. The molecule has 1 fully saturated rings. The second-order valence-electron chi connectivity index (χ2n) is 5.70. The standard InChI is InChI=1S/C16H28N4S/c1-4-9-17-15-14(5-2)16(19-11-18-15)20-12-7-6-8-13(10-12)21-3/h11-13H,4-10H2,1-3H3,(H2,17,18,19,20). The molecule has 0 aromatic carbocycles. The van der Waals surface area contributed by atoms with Crippen LogP contribution >= 0.6 is 11.8 Å². The smallest absolute Gasteiger partial charge is 0.134 e. The molecule has 4 nitrogen and oxygen atoms in total. The van der Waals surface area contributed by atoms with Crippen molar-refractivity contribution in [2.24, 2.45) is 0 Å². The topological polar surface area (TPSA) is 49.8 Å². The fourth-order valence-electron chi connectivity index (χ4n) is 2.95. The number of nitrogens with zero attached hydrogens (tertiary/aromatic N) is 2. The van der Waals surface area contributed by atoms with Crippen LogP contribution in [0.3, 0.4) is 0 Å². The van der Waals surface area contributed by atoms with E-state index in [9.17, 15) is 0 Å². The van der Waals surface area contributed by atoms with Crippen LogP contribution in [0, 0.1) is 0 Å². The summed E-state index contributed by atoms with van der Waals surface area (Å²) in [7, 11) is 0. The molecule has 2 atom stereocenters. The number of hydrogen-bond donors (Lipinski definition) is 2. The monoisotopic (exact) mass is 308 g/mol. The predicted octanol–water partition coefficient (Wildman–Crippen LogP) is 3.95. The molecule has 0 radical (unpaired) electrons. The molecule has 0 spiro atoms. The molecule has 2 rings (SSSR count). The summed E-state index contributed by atoms with van der Waals surface area (Å²) in [6, 6.07) is 0.551. The molecule has 0 aliphatic heterocycles. The highest BCUT2D eigenvalue weighted by Gasteiger charge is 2.22. The number of anilines is 2. The summed E-state index contributed by atoms with van der Waals surface area (Å²) in [6.45, 7) is 5.30. The normalized spacial score (nSPS) is 22.0. The van der Waals surface area contributed by atoms with Crippen LogP contribution in [0.4, 0.5) is 11.6 Å². The Hall–Kier alpha value is -0.970. The lowest BCUT2D eigenvalue weighted by Gasteiger charge is -2.29. The van der Waals surface area contributed by atoms with E-state index in [1.165, 1.54) is 31.2 Å². The SMILES string of the molecule is CCCNc1ncnc(NC2CCCC(SC)C2)c1CC. The van der Waals surface area contributed by atoms with Gasteiger partial charge in [0.05, 0.1) is 0 Å². The summed E-state index contributed by atoms with van der Waals surface area (Å²) >= 11 is 2.00. The number of rotatable bonds is 7. The first-order valence-corrected chi connectivity index (χ1v) is 9.44. The van der Waals surface area contributed by atoms with Crippen molar-refractivity contribution >= 4 is 23.4 Å². The molecule has 2 N–H and O–H groups in total. The summed E-state index contributed by atoms with van der Waals surface area (Å²) < 4.78 is 0. The molecule has 5 heteroatoms. The van der Waals surface area contributed by atoms with Gasteiger partial charge >= 0.3 is 0 Å². The lowest BCUT2D eigenvalue weighted by Crippen LogP contribution is -2.29. The van der Waals surface area contributed by atoms with Gasteiger partial charge in [0.25, 0.3) is 0 Å². The van der Waals surface area contributed by atoms with Gasteiger partial charge in [-0.1, -0.05) is 20.3 Å². The molecule has 118 valence electrons. The summed E-state index contributed by atoms with van der Waals surface area (Å²) in [5.41, 5.74) is 1.22. The molecule has 0 amide bonds. The molecule has 0 bridgehead atoms. The van der Waals surface area contributed by atoms with Crippen LogP contribution in [0.5, 0.6) is 0 Å². The van der Waals surface area contributed by atoms with E-state index in [-0.39, 0.29) is 0 Å². The fourth-order valence-corrected chi connectivity index (χ4v) is 3.78. The maximum atomic E-state index is 4.49. The van der Waals surface area contributed by atoms with Crippen LogP contribution < -0.4 is 10.6 Å². The van der Waals surface area contributed by atoms with Gasteiger partial charge in [-0.2, -0.15) is 11.8 Å². The van der Waals surface area contributed by atoms with E-state index in [0.717, 1.165) is 36.3 Å². The van der Waals surface area contributed by atoms with Gasteiger partial charge in [-0.05, 0) is 38.4 Å². The molecule has 1 heterocycles. The van der Waals surface area contributed by atoms with Gasteiger partial charge in [0.15, 0.2) is 0 Å². The Labute approximate surface area is 132 Å². The number of hydrogen-bond acceptors (Lipinski definition) is 5.